The summed E-state index contributed by atoms with van der Waals surface area (Å²) in [6.45, 7) is 7.91. The van der Waals surface area contributed by atoms with Crippen molar-refractivity contribution in [2.45, 2.75) is 57.8 Å². The number of aromatic nitrogens is 1. The molecule has 1 aliphatic heterocycles. The van der Waals surface area contributed by atoms with Crippen molar-refractivity contribution in [2.75, 3.05) is 7.05 Å². The molecule has 1 aliphatic carbocycles. The topological polar surface area (TPSA) is 69.7 Å². The highest BCUT2D eigenvalue weighted by Gasteiger charge is 2.52. The molecule has 3 rings (SSSR count). The number of rotatable bonds is 4. The van der Waals surface area contributed by atoms with Crippen molar-refractivity contribution in [2.24, 2.45) is 0 Å². The quantitative estimate of drug-likeness (QED) is 0.847. The molecule has 23 heavy (non-hydrogen) atoms. The zero-order chi connectivity index (χ0) is 16.8. The monoisotopic (exact) mass is 318 g/mol. The predicted molar refractivity (Wildman–Crippen MR) is 87.0 cm³/mol. The molecular weight excluding hydrogens is 295 g/mol. The predicted octanol–water partition coefficient (Wildman–Crippen LogP) is 1.28. The lowest BCUT2D eigenvalue weighted by atomic mass is 9.77. The smallest absolute Gasteiger partial charge is 0.489 e. The first-order valence-electron chi connectivity index (χ1n) is 7.98. The first-order chi connectivity index (χ1) is 10.7. The highest BCUT2D eigenvalue weighted by Crippen LogP contribution is 2.37. The molecule has 1 aromatic heterocycles. The van der Waals surface area contributed by atoms with Crippen molar-refractivity contribution < 1.29 is 18.8 Å². The van der Waals surface area contributed by atoms with E-state index in [1.165, 1.54) is 0 Å². The van der Waals surface area contributed by atoms with Crippen LogP contribution in [0.4, 0.5) is 0 Å². The van der Waals surface area contributed by atoms with E-state index in [9.17, 15) is 4.79 Å². The number of hydrogen-bond donors (Lipinski definition) is 1. The van der Waals surface area contributed by atoms with Crippen molar-refractivity contribution in [1.82, 2.24) is 10.3 Å². The summed E-state index contributed by atoms with van der Waals surface area (Å²) in [4.78, 5) is 16.4. The van der Waals surface area contributed by atoms with E-state index < -0.39 is 18.3 Å². The van der Waals surface area contributed by atoms with E-state index in [1.54, 1.807) is 19.3 Å². The first kappa shape index (κ1) is 16.3. The number of hydrogen-bond acceptors (Lipinski definition) is 5. The molecule has 6 nitrogen and oxygen atoms in total. The molecule has 0 atom stereocenters. The Labute approximate surface area is 137 Å². The summed E-state index contributed by atoms with van der Waals surface area (Å²) in [6, 6.07) is 1.80. The average molecular weight is 318 g/mol. The summed E-state index contributed by atoms with van der Waals surface area (Å²) in [5.41, 5.74) is -0.0639. The molecule has 1 amide bonds. The Morgan fingerprint density at radius 3 is 2.43 bits per heavy atom. The van der Waals surface area contributed by atoms with Gasteiger partial charge in [-0.25, -0.2) is 4.98 Å². The fraction of sp³-hybridized carbons (Fsp3) is 0.625. The molecule has 0 unspecified atom stereocenters. The van der Waals surface area contributed by atoms with Gasteiger partial charge in [0.2, 0.25) is 0 Å². The molecule has 1 saturated heterocycles. The van der Waals surface area contributed by atoms with Crippen molar-refractivity contribution in [3.63, 3.8) is 0 Å². The van der Waals surface area contributed by atoms with E-state index >= 15 is 0 Å². The Morgan fingerprint density at radius 1 is 1.30 bits per heavy atom. The lowest BCUT2D eigenvalue weighted by molar-refractivity contribution is 0.00578. The lowest BCUT2D eigenvalue weighted by Gasteiger charge is -2.32. The molecule has 1 saturated carbocycles. The molecule has 0 radical (unpaired) electrons. The van der Waals surface area contributed by atoms with Crippen LogP contribution in [0.15, 0.2) is 12.3 Å². The number of ether oxygens (including phenoxy) is 1. The molecule has 1 aromatic rings. The van der Waals surface area contributed by atoms with E-state index in [1.807, 2.05) is 27.7 Å². The molecule has 2 fully saturated rings. The summed E-state index contributed by atoms with van der Waals surface area (Å²) in [5.74, 6) is 0.373. The molecule has 0 bridgehead atoms. The van der Waals surface area contributed by atoms with Crippen LogP contribution in [0.2, 0.25) is 0 Å². The summed E-state index contributed by atoms with van der Waals surface area (Å²) in [5, 5.41) is 2.61. The third kappa shape index (κ3) is 3.08. The summed E-state index contributed by atoms with van der Waals surface area (Å²) in [7, 11) is 0.926. The molecule has 1 N–H and O–H groups in total. The normalized spacial score (nSPS) is 22.0. The van der Waals surface area contributed by atoms with Crippen LogP contribution in [0.1, 0.15) is 51.0 Å². The van der Waals surface area contributed by atoms with Crippen molar-refractivity contribution in [3.05, 3.63) is 18.0 Å². The largest absolute Gasteiger partial charge is 0.497 e. The second kappa shape index (κ2) is 5.49. The van der Waals surface area contributed by atoms with Gasteiger partial charge in [0, 0.05) is 12.5 Å². The SMILES string of the molecule is CNC(=O)c1ncc(OC2CC2)cc1B1OC(C)(C)C(C)(C)O1. The minimum Gasteiger partial charge on any atom is -0.489 e. The minimum absolute atomic E-state index is 0.258. The van der Waals surface area contributed by atoms with Gasteiger partial charge < -0.3 is 19.4 Å². The van der Waals surface area contributed by atoms with Crippen LogP contribution >= 0.6 is 0 Å². The van der Waals surface area contributed by atoms with Crippen LogP contribution in [-0.4, -0.2) is 42.4 Å². The molecule has 2 heterocycles. The van der Waals surface area contributed by atoms with Gasteiger partial charge >= 0.3 is 7.12 Å². The first-order valence-corrected chi connectivity index (χ1v) is 7.98. The Balaban J connectivity index is 1.96. The summed E-state index contributed by atoms with van der Waals surface area (Å²) >= 11 is 0. The van der Waals surface area contributed by atoms with Gasteiger partial charge in [0.15, 0.2) is 0 Å². The summed E-state index contributed by atoms with van der Waals surface area (Å²) < 4.78 is 17.9. The van der Waals surface area contributed by atoms with Crippen molar-refractivity contribution >= 4 is 18.5 Å². The van der Waals surface area contributed by atoms with Crippen LogP contribution in [0.3, 0.4) is 0 Å². The maximum absolute atomic E-state index is 12.1. The fourth-order valence-corrected chi connectivity index (χ4v) is 2.36. The average Bonchev–Trinajstić information content (AvgIpc) is 3.25. The maximum atomic E-state index is 12.1. The standard InChI is InChI=1S/C16H23BN2O4/c1-15(2)16(3,4)23-17(22-15)12-8-11(21-10-6-7-10)9-19-13(12)14(20)18-5/h8-10H,6-7H2,1-5H3,(H,18,20). The van der Waals surface area contributed by atoms with Crippen LogP contribution in [0.25, 0.3) is 0 Å². The van der Waals surface area contributed by atoms with E-state index in [2.05, 4.69) is 10.3 Å². The number of nitrogens with zero attached hydrogens (tertiary/aromatic N) is 1. The second-order valence-electron chi connectivity index (χ2n) is 7.09. The second-order valence-corrected chi connectivity index (χ2v) is 7.09. The van der Waals surface area contributed by atoms with Gasteiger partial charge in [-0.15, -0.1) is 0 Å². The van der Waals surface area contributed by atoms with E-state index in [4.69, 9.17) is 14.0 Å². The molecule has 2 aliphatic rings. The van der Waals surface area contributed by atoms with Crippen LogP contribution in [0, 0.1) is 0 Å². The van der Waals surface area contributed by atoms with Gasteiger partial charge in [0.1, 0.15) is 11.4 Å². The third-order valence-corrected chi connectivity index (χ3v) is 4.67. The minimum atomic E-state index is -0.650. The zero-order valence-electron chi connectivity index (χ0n) is 14.3. The molecular formula is C16H23BN2O4. The molecule has 124 valence electrons. The van der Waals surface area contributed by atoms with Crippen LogP contribution in [0.5, 0.6) is 5.75 Å². The zero-order valence-corrected chi connectivity index (χ0v) is 14.3. The fourth-order valence-electron chi connectivity index (χ4n) is 2.36. The Hall–Kier alpha value is -1.60. The highest BCUT2D eigenvalue weighted by molar-refractivity contribution is 6.63. The van der Waals surface area contributed by atoms with Gasteiger partial charge in [0.25, 0.3) is 5.91 Å². The van der Waals surface area contributed by atoms with Crippen LogP contribution in [-0.2, 0) is 9.31 Å². The van der Waals surface area contributed by atoms with Gasteiger partial charge in [-0.3, -0.25) is 4.79 Å². The van der Waals surface area contributed by atoms with E-state index in [0.29, 0.717) is 16.9 Å². The number of amides is 1. The molecule has 0 spiro atoms. The van der Waals surface area contributed by atoms with E-state index in [0.717, 1.165) is 12.8 Å². The molecule has 7 heteroatoms. The van der Waals surface area contributed by atoms with Crippen molar-refractivity contribution in [3.8, 4) is 5.75 Å². The number of carbonyl (C=O) groups excluding carboxylic acids is 1. The Kier molecular flexibility index (Phi) is 3.88. The van der Waals surface area contributed by atoms with Crippen molar-refractivity contribution in [1.29, 1.82) is 0 Å². The summed E-state index contributed by atoms with van der Waals surface area (Å²) in [6.07, 6.45) is 3.96. The van der Waals surface area contributed by atoms with Gasteiger partial charge in [-0.2, -0.15) is 0 Å². The van der Waals surface area contributed by atoms with E-state index in [-0.39, 0.29) is 12.0 Å². The third-order valence-electron chi connectivity index (χ3n) is 4.67. The van der Waals surface area contributed by atoms with Crippen LogP contribution < -0.4 is 15.5 Å². The maximum Gasteiger partial charge on any atom is 0.497 e. The van der Waals surface area contributed by atoms with Gasteiger partial charge in [0.05, 0.1) is 23.5 Å². The Bertz CT molecular complexity index is 613. The number of pyridine rings is 1. The molecule has 0 aromatic carbocycles. The highest BCUT2D eigenvalue weighted by atomic mass is 16.7. The number of nitrogens with one attached hydrogen (secondary N) is 1. The Morgan fingerprint density at radius 2 is 1.91 bits per heavy atom. The lowest BCUT2D eigenvalue weighted by Crippen LogP contribution is -2.41. The van der Waals surface area contributed by atoms with Gasteiger partial charge in [-0.05, 0) is 46.6 Å². The number of carbonyl (C=O) groups is 1. The van der Waals surface area contributed by atoms with Gasteiger partial charge in [-0.1, -0.05) is 0 Å².